The number of nitrogen functional groups attached to an aromatic ring is 1. The Morgan fingerprint density at radius 2 is 2.26 bits per heavy atom. The van der Waals surface area contributed by atoms with Crippen LogP contribution in [-0.2, 0) is 0 Å². The number of hydrogen-bond acceptors (Lipinski definition) is 6. The van der Waals surface area contributed by atoms with Crippen LogP contribution in [0.3, 0.4) is 0 Å². The number of rotatable bonds is 7. The van der Waals surface area contributed by atoms with Crippen molar-refractivity contribution in [3.63, 3.8) is 0 Å². The number of thioether (sulfide) groups is 1. The normalized spacial score (nSPS) is 12.0. The number of hydrogen-bond donors (Lipinski definition) is 2. The number of anilines is 2. The molecule has 0 fully saturated rings. The third-order valence-corrected chi connectivity index (χ3v) is 3.83. The van der Waals surface area contributed by atoms with Crippen molar-refractivity contribution >= 4 is 28.8 Å². The number of nitro benzene ring substituents is 1. The minimum atomic E-state index is -0.396. The minimum Gasteiger partial charge on any atom is -0.365 e. The molecule has 1 rings (SSSR count). The topological polar surface area (TPSA) is 84.4 Å². The lowest BCUT2D eigenvalue weighted by Gasteiger charge is -2.28. The van der Waals surface area contributed by atoms with E-state index in [0.717, 1.165) is 12.2 Å². The first-order valence-electron chi connectivity index (χ1n) is 6.02. The van der Waals surface area contributed by atoms with Crippen LogP contribution in [0.2, 0.25) is 0 Å². The zero-order valence-electron chi connectivity index (χ0n) is 11.4. The quantitative estimate of drug-likeness (QED) is 0.454. The van der Waals surface area contributed by atoms with Crippen LogP contribution in [0.4, 0.5) is 17.1 Å². The summed E-state index contributed by atoms with van der Waals surface area (Å²) >= 11 is 1.73. The van der Waals surface area contributed by atoms with E-state index in [1.165, 1.54) is 0 Å². The SMILES string of the molecule is CCC(CSC)N(C)c1cccc(NN)c1[N+](=O)[O-]. The molecule has 0 aliphatic carbocycles. The van der Waals surface area contributed by atoms with E-state index >= 15 is 0 Å². The highest BCUT2D eigenvalue weighted by Crippen LogP contribution is 2.35. The van der Waals surface area contributed by atoms with E-state index in [1.807, 2.05) is 18.2 Å². The smallest absolute Gasteiger partial charge is 0.316 e. The summed E-state index contributed by atoms with van der Waals surface area (Å²) in [7, 11) is 1.88. The molecule has 0 aliphatic rings. The second-order valence-corrected chi connectivity index (χ2v) is 5.11. The molecule has 3 N–H and O–H groups in total. The monoisotopic (exact) mass is 284 g/mol. The Bertz CT molecular complexity index is 442. The summed E-state index contributed by atoms with van der Waals surface area (Å²) in [6, 6.07) is 5.37. The molecule has 7 heteroatoms. The van der Waals surface area contributed by atoms with Crippen molar-refractivity contribution in [3.8, 4) is 0 Å². The number of hydrazine groups is 1. The molecule has 1 unspecified atom stereocenters. The minimum absolute atomic E-state index is 0.0204. The van der Waals surface area contributed by atoms with Crippen LogP contribution in [0.25, 0.3) is 0 Å². The van der Waals surface area contributed by atoms with E-state index in [0.29, 0.717) is 11.4 Å². The van der Waals surface area contributed by atoms with Gasteiger partial charge in [0.05, 0.1) is 4.92 Å². The average Bonchev–Trinajstić information content (AvgIpc) is 2.42. The van der Waals surface area contributed by atoms with Crippen LogP contribution in [-0.4, -0.2) is 30.0 Å². The fourth-order valence-electron chi connectivity index (χ4n) is 2.02. The second kappa shape index (κ2) is 7.20. The van der Waals surface area contributed by atoms with Gasteiger partial charge in [-0.2, -0.15) is 11.8 Å². The first kappa shape index (κ1) is 15.6. The van der Waals surface area contributed by atoms with Crippen molar-refractivity contribution in [1.82, 2.24) is 0 Å². The average molecular weight is 284 g/mol. The lowest BCUT2D eigenvalue weighted by molar-refractivity contribution is -0.383. The van der Waals surface area contributed by atoms with Crippen LogP contribution in [0.5, 0.6) is 0 Å². The highest BCUT2D eigenvalue weighted by molar-refractivity contribution is 7.98. The molecule has 1 atom stereocenters. The predicted molar refractivity (Wildman–Crippen MR) is 81.8 cm³/mol. The van der Waals surface area contributed by atoms with Crippen LogP contribution in [0.15, 0.2) is 18.2 Å². The molecule has 1 aromatic carbocycles. The molecule has 0 bridgehead atoms. The van der Waals surface area contributed by atoms with Gasteiger partial charge < -0.3 is 10.3 Å². The van der Waals surface area contributed by atoms with Crippen molar-refractivity contribution < 1.29 is 4.92 Å². The first-order chi connectivity index (χ1) is 9.06. The maximum absolute atomic E-state index is 11.3. The maximum atomic E-state index is 11.3. The van der Waals surface area contributed by atoms with Crippen LogP contribution >= 0.6 is 11.8 Å². The Morgan fingerprint density at radius 1 is 1.58 bits per heavy atom. The number of nitrogens with two attached hydrogens (primary N) is 1. The van der Waals surface area contributed by atoms with E-state index in [4.69, 9.17) is 5.84 Å². The molecule has 0 aromatic heterocycles. The molecule has 1 aromatic rings. The lowest BCUT2D eigenvalue weighted by Crippen LogP contribution is -2.33. The van der Waals surface area contributed by atoms with Gasteiger partial charge in [-0.1, -0.05) is 13.0 Å². The van der Waals surface area contributed by atoms with Gasteiger partial charge >= 0.3 is 5.69 Å². The fourth-order valence-corrected chi connectivity index (χ4v) is 2.86. The van der Waals surface area contributed by atoms with E-state index in [1.54, 1.807) is 30.0 Å². The lowest BCUT2D eigenvalue weighted by atomic mass is 10.1. The molecule has 6 nitrogen and oxygen atoms in total. The Hall–Kier alpha value is -1.47. The number of benzene rings is 1. The molecular weight excluding hydrogens is 264 g/mol. The van der Waals surface area contributed by atoms with Gasteiger partial charge in [0.25, 0.3) is 0 Å². The van der Waals surface area contributed by atoms with Gasteiger partial charge in [0, 0.05) is 18.8 Å². The van der Waals surface area contributed by atoms with E-state index in [-0.39, 0.29) is 11.7 Å². The number of nitrogens with zero attached hydrogens (tertiary/aromatic N) is 2. The zero-order chi connectivity index (χ0) is 14.4. The third kappa shape index (κ3) is 3.51. The van der Waals surface area contributed by atoms with Gasteiger partial charge in [-0.25, -0.2) is 0 Å². The Kier molecular flexibility index (Phi) is 5.91. The van der Waals surface area contributed by atoms with Gasteiger partial charge in [0.15, 0.2) is 0 Å². The summed E-state index contributed by atoms with van der Waals surface area (Å²) in [4.78, 5) is 12.8. The van der Waals surface area contributed by atoms with Crippen LogP contribution in [0.1, 0.15) is 13.3 Å². The summed E-state index contributed by atoms with van der Waals surface area (Å²) in [5.41, 5.74) is 3.32. The van der Waals surface area contributed by atoms with E-state index < -0.39 is 4.92 Å². The van der Waals surface area contributed by atoms with Crippen molar-refractivity contribution in [1.29, 1.82) is 0 Å². The number of para-hydroxylation sites is 1. The summed E-state index contributed by atoms with van der Waals surface area (Å²) in [5, 5.41) is 11.3. The van der Waals surface area contributed by atoms with Crippen molar-refractivity contribution in [3.05, 3.63) is 28.3 Å². The highest BCUT2D eigenvalue weighted by Gasteiger charge is 2.24. The van der Waals surface area contributed by atoms with Gasteiger partial charge in [0.1, 0.15) is 11.4 Å². The highest BCUT2D eigenvalue weighted by atomic mass is 32.2. The molecule has 106 valence electrons. The maximum Gasteiger partial charge on any atom is 0.316 e. The Morgan fingerprint density at radius 3 is 2.74 bits per heavy atom. The molecule has 0 aliphatic heterocycles. The summed E-state index contributed by atoms with van der Waals surface area (Å²) in [6.45, 7) is 2.08. The van der Waals surface area contributed by atoms with Crippen molar-refractivity contribution in [2.24, 2.45) is 5.84 Å². The van der Waals surface area contributed by atoms with Crippen LogP contribution < -0.4 is 16.2 Å². The summed E-state index contributed by atoms with van der Waals surface area (Å²) in [6.07, 6.45) is 2.96. The Balaban J connectivity index is 3.21. The predicted octanol–water partition coefficient (Wildman–Crippen LogP) is 2.46. The van der Waals surface area contributed by atoms with Gasteiger partial charge in [0.2, 0.25) is 0 Å². The molecule has 0 saturated heterocycles. The molecular formula is C12H20N4O2S. The molecule has 0 heterocycles. The standard InChI is InChI=1S/C12H20N4O2S/c1-4-9(8-19-3)15(2)11-7-5-6-10(14-13)12(11)16(17)18/h5-7,9,14H,4,8,13H2,1-3H3. The largest absolute Gasteiger partial charge is 0.365 e. The number of nitro groups is 1. The molecule has 0 radical (unpaired) electrons. The second-order valence-electron chi connectivity index (χ2n) is 4.20. The van der Waals surface area contributed by atoms with Gasteiger partial charge in [-0.05, 0) is 24.8 Å². The van der Waals surface area contributed by atoms with E-state index in [2.05, 4.69) is 12.3 Å². The first-order valence-corrected chi connectivity index (χ1v) is 7.41. The molecule has 0 saturated carbocycles. The van der Waals surface area contributed by atoms with Gasteiger partial charge in [-0.15, -0.1) is 0 Å². The molecule has 19 heavy (non-hydrogen) atoms. The van der Waals surface area contributed by atoms with Gasteiger partial charge in [-0.3, -0.25) is 16.0 Å². The van der Waals surface area contributed by atoms with E-state index in [9.17, 15) is 10.1 Å². The van der Waals surface area contributed by atoms with Crippen LogP contribution in [0, 0.1) is 10.1 Å². The third-order valence-electron chi connectivity index (χ3n) is 3.11. The fraction of sp³-hybridized carbons (Fsp3) is 0.500. The Labute approximate surface area is 117 Å². The van der Waals surface area contributed by atoms with Crippen molar-refractivity contribution in [2.75, 3.05) is 29.4 Å². The molecule has 0 amide bonds. The number of nitrogens with one attached hydrogen (secondary N) is 1. The summed E-state index contributed by atoms with van der Waals surface area (Å²) < 4.78 is 0. The molecule has 0 spiro atoms. The zero-order valence-corrected chi connectivity index (χ0v) is 12.2. The summed E-state index contributed by atoms with van der Waals surface area (Å²) in [5.74, 6) is 6.27. The van der Waals surface area contributed by atoms with Crippen molar-refractivity contribution in [2.45, 2.75) is 19.4 Å².